The van der Waals surface area contributed by atoms with Crippen LogP contribution in [0.2, 0.25) is 0 Å². The Hall–Kier alpha value is -3.93. The van der Waals surface area contributed by atoms with E-state index in [1.165, 1.54) is 18.6 Å². The molecule has 1 aliphatic carbocycles. The molecule has 1 saturated carbocycles. The molecule has 0 bridgehead atoms. The van der Waals surface area contributed by atoms with Gasteiger partial charge in [0.2, 0.25) is 5.82 Å². The molecule has 0 amide bonds. The average Bonchev–Trinajstić information content (AvgIpc) is 3.70. The number of benzene rings is 1. The molecule has 1 saturated heterocycles. The van der Waals surface area contributed by atoms with Gasteiger partial charge in [-0.05, 0) is 66.1 Å². The van der Waals surface area contributed by atoms with Crippen LogP contribution in [0.1, 0.15) is 57.9 Å². The average molecular weight is 565 g/mol. The molecule has 6 rings (SSSR count). The van der Waals surface area contributed by atoms with E-state index < -0.39 is 11.6 Å². The zero-order valence-electron chi connectivity index (χ0n) is 23.0. The van der Waals surface area contributed by atoms with Crippen molar-refractivity contribution in [3.63, 3.8) is 0 Å². The van der Waals surface area contributed by atoms with Gasteiger partial charge in [-0.3, -0.25) is 4.68 Å². The molecule has 4 heterocycles. The highest BCUT2D eigenvalue weighted by Crippen LogP contribution is 2.34. The van der Waals surface area contributed by atoms with Gasteiger partial charge in [-0.15, -0.1) is 5.10 Å². The third kappa shape index (κ3) is 5.65. The summed E-state index contributed by atoms with van der Waals surface area (Å²) < 4.78 is 44.8. The van der Waals surface area contributed by atoms with Crippen molar-refractivity contribution in [3.8, 4) is 34.0 Å². The zero-order valence-corrected chi connectivity index (χ0v) is 23.0. The quantitative estimate of drug-likeness (QED) is 0.302. The van der Waals surface area contributed by atoms with Crippen LogP contribution in [0.3, 0.4) is 0 Å². The summed E-state index contributed by atoms with van der Waals surface area (Å²) >= 11 is 0. The zero-order chi connectivity index (χ0) is 28.3. The molecule has 3 aromatic heterocycles. The fourth-order valence-electron chi connectivity index (χ4n) is 5.78. The molecule has 4 aromatic rings. The van der Waals surface area contributed by atoms with Crippen molar-refractivity contribution in [2.75, 3.05) is 25.6 Å². The minimum Gasteiger partial charge on any atom is -0.490 e. The second-order valence-corrected chi connectivity index (χ2v) is 10.9. The van der Waals surface area contributed by atoms with E-state index in [-0.39, 0.29) is 29.1 Å². The predicted octanol–water partition coefficient (Wildman–Crippen LogP) is 5.39. The summed E-state index contributed by atoms with van der Waals surface area (Å²) in [4.78, 5) is 4.32. The molecular formula is C29H34F2N8O2. The largest absolute Gasteiger partial charge is 0.490 e. The van der Waals surface area contributed by atoms with Crippen molar-refractivity contribution in [2.24, 2.45) is 11.8 Å². The van der Waals surface area contributed by atoms with Crippen LogP contribution in [0.25, 0.3) is 28.2 Å². The van der Waals surface area contributed by atoms with Crippen LogP contribution >= 0.6 is 0 Å². The summed E-state index contributed by atoms with van der Waals surface area (Å²) in [5.41, 5.74) is 8.01. The van der Waals surface area contributed by atoms with E-state index in [9.17, 15) is 0 Å². The third-order valence-corrected chi connectivity index (χ3v) is 8.40. The smallest absolute Gasteiger partial charge is 0.202 e. The standard InChI is InChI=1S/C29H34F2N8O2/c1-2-18-3-5-19(6-4-18)17-41-25-8-7-24(26(30)27(25)31)39-29(35-36-37-39)23-13-20(14-33-28(23)32)21-15-34-38(16-21)22-9-11-40-12-10-22/h7-8,13-16,18-19,22H,2-6,9-12,17H2,1H3,(H2,32,33). The maximum Gasteiger partial charge on any atom is 0.202 e. The Morgan fingerprint density at radius 2 is 1.78 bits per heavy atom. The number of hydrogen-bond acceptors (Lipinski definition) is 8. The van der Waals surface area contributed by atoms with Crippen molar-refractivity contribution in [3.05, 3.63) is 48.4 Å². The Bertz CT molecular complexity index is 1490. The molecule has 2 aliphatic rings. The van der Waals surface area contributed by atoms with Crippen molar-refractivity contribution < 1.29 is 18.3 Å². The van der Waals surface area contributed by atoms with E-state index in [1.807, 2.05) is 10.9 Å². The number of nitrogens with zero attached hydrogens (tertiary/aromatic N) is 7. The Kier molecular flexibility index (Phi) is 7.91. The van der Waals surface area contributed by atoms with Gasteiger partial charge in [0, 0.05) is 36.7 Å². The molecule has 0 atom stereocenters. The number of ether oxygens (including phenoxy) is 2. The van der Waals surface area contributed by atoms with E-state index >= 15 is 8.78 Å². The Morgan fingerprint density at radius 3 is 2.56 bits per heavy atom. The minimum atomic E-state index is -1.11. The Balaban J connectivity index is 1.23. The van der Waals surface area contributed by atoms with E-state index in [0.717, 1.165) is 60.3 Å². The molecule has 0 spiro atoms. The summed E-state index contributed by atoms with van der Waals surface area (Å²) in [5, 5.41) is 16.3. The van der Waals surface area contributed by atoms with E-state index in [0.29, 0.717) is 31.3 Å². The number of rotatable bonds is 8. The van der Waals surface area contributed by atoms with Crippen LogP contribution in [0.4, 0.5) is 14.6 Å². The SMILES string of the molecule is CCC1CCC(COc2ccc(-n3nnnc3-c3cc(-c4cnn(C5CCOCC5)c4)cnc3N)c(F)c2F)CC1. The number of nitrogen functional groups attached to an aromatic ring is 1. The minimum absolute atomic E-state index is 0.122. The van der Waals surface area contributed by atoms with Crippen molar-refractivity contribution >= 4 is 5.82 Å². The molecule has 0 unspecified atom stereocenters. The first-order valence-electron chi connectivity index (χ1n) is 14.3. The third-order valence-electron chi connectivity index (χ3n) is 8.40. The van der Waals surface area contributed by atoms with Crippen LogP contribution in [0.5, 0.6) is 5.75 Å². The first-order chi connectivity index (χ1) is 20.0. The number of nitrogens with two attached hydrogens (primary N) is 1. The lowest BCUT2D eigenvalue weighted by Crippen LogP contribution is -2.20. The van der Waals surface area contributed by atoms with Crippen LogP contribution in [-0.4, -0.2) is 54.8 Å². The summed E-state index contributed by atoms with van der Waals surface area (Å²) in [6.45, 7) is 3.99. The maximum absolute atomic E-state index is 15.4. The van der Waals surface area contributed by atoms with Gasteiger partial charge in [0.1, 0.15) is 11.5 Å². The lowest BCUT2D eigenvalue weighted by atomic mass is 9.81. The van der Waals surface area contributed by atoms with Gasteiger partial charge in [0.15, 0.2) is 17.4 Å². The van der Waals surface area contributed by atoms with Crippen LogP contribution in [0.15, 0.2) is 36.8 Å². The molecule has 2 fully saturated rings. The van der Waals surface area contributed by atoms with Gasteiger partial charge in [-0.2, -0.15) is 14.2 Å². The van der Waals surface area contributed by atoms with Gasteiger partial charge >= 0.3 is 0 Å². The first kappa shape index (κ1) is 27.3. The number of tetrazole rings is 1. The molecule has 0 radical (unpaired) electrons. The summed E-state index contributed by atoms with van der Waals surface area (Å²) in [5.74, 6) is -0.919. The van der Waals surface area contributed by atoms with Crippen molar-refractivity contribution in [1.82, 2.24) is 35.0 Å². The van der Waals surface area contributed by atoms with E-state index in [4.69, 9.17) is 15.2 Å². The summed E-state index contributed by atoms with van der Waals surface area (Å²) in [6, 6.07) is 4.87. The molecule has 41 heavy (non-hydrogen) atoms. The second-order valence-electron chi connectivity index (χ2n) is 10.9. The highest BCUT2D eigenvalue weighted by molar-refractivity contribution is 5.76. The molecular weight excluding hydrogens is 530 g/mol. The predicted molar refractivity (Wildman–Crippen MR) is 148 cm³/mol. The maximum atomic E-state index is 15.4. The van der Waals surface area contributed by atoms with Crippen molar-refractivity contribution in [2.45, 2.75) is 57.9 Å². The van der Waals surface area contributed by atoms with Gasteiger partial charge < -0.3 is 15.2 Å². The Labute approximate surface area is 236 Å². The van der Waals surface area contributed by atoms with Gasteiger partial charge in [-0.1, -0.05) is 26.2 Å². The molecule has 2 N–H and O–H groups in total. The van der Waals surface area contributed by atoms with Crippen LogP contribution in [-0.2, 0) is 4.74 Å². The van der Waals surface area contributed by atoms with Crippen LogP contribution < -0.4 is 10.5 Å². The molecule has 12 heteroatoms. The fraction of sp³-hybridized carbons (Fsp3) is 0.483. The number of halogens is 2. The number of anilines is 1. The highest BCUT2D eigenvalue weighted by Gasteiger charge is 2.25. The lowest BCUT2D eigenvalue weighted by Gasteiger charge is -2.27. The monoisotopic (exact) mass is 564 g/mol. The number of hydrogen-bond donors (Lipinski definition) is 1. The molecule has 216 valence electrons. The fourth-order valence-corrected chi connectivity index (χ4v) is 5.78. The van der Waals surface area contributed by atoms with Gasteiger partial charge in [-0.25, -0.2) is 9.37 Å². The summed E-state index contributed by atoms with van der Waals surface area (Å²) in [6.07, 6.45) is 12.7. The molecule has 10 nitrogen and oxygen atoms in total. The molecule has 1 aromatic carbocycles. The second kappa shape index (κ2) is 11.9. The summed E-state index contributed by atoms with van der Waals surface area (Å²) in [7, 11) is 0. The van der Waals surface area contributed by atoms with Crippen molar-refractivity contribution in [1.29, 1.82) is 0 Å². The number of pyridine rings is 1. The first-order valence-corrected chi connectivity index (χ1v) is 14.3. The van der Waals surface area contributed by atoms with Gasteiger partial charge in [0.05, 0.1) is 24.4 Å². The highest BCUT2D eigenvalue weighted by atomic mass is 19.2. The molecule has 1 aliphatic heterocycles. The van der Waals surface area contributed by atoms with Crippen LogP contribution in [0, 0.1) is 23.5 Å². The normalized spacial score (nSPS) is 19.9. The van der Waals surface area contributed by atoms with E-state index in [2.05, 4.69) is 32.5 Å². The topological polar surface area (TPSA) is 119 Å². The Morgan fingerprint density at radius 1 is 1.00 bits per heavy atom. The lowest BCUT2D eigenvalue weighted by molar-refractivity contribution is 0.0662. The number of aromatic nitrogens is 7. The van der Waals surface area contributed by atoms with Gasteiger partial charge in [0.25, 0.3) is 0 Å². The van der Waals surface area contributed by atoms with E-state index in [1.54, 1.807) is 18.5 Å².